The SMILES string of the molecule is O=C(OCc1ccccc1)N1CCC2(CC1)C(=O)N(Cc1cccnc1)c1cc(F)cc(F)c12. The van der Waals surface area contributed by atoms with Gasteiger partial charge in [-0.1, -0.05) is 36.4 Å². The Balaban J connectivity index is 1.36. The lowest BCUT2D eigenvalue weighted by atomic mass is 9.73. The van der Waals surface area contributed by atoms with E-state index in [0.717, 1.165) is 17.2 Å². The van der Waals surface area contributed by atoms with Crippen LogP contribution >= 0.6 is 0 Å². The van der Waals surface area contributed by atoms with Crippen LogP contribution in [0.15, 0.2) is 67.0 Å². The molecule has 1 spiro atoms. The van der Waals surface area contributed by atoms with Crippen molar-refractivity contribution in [2.75, 3.05) is 18.0 Å². The summed E-state index contributed by atoms with van der Waals surface area (Å²) in [6, 6.07) is 14.9. The maximum Gasteiger partial charge on any atom is 0.410 e. The van der Waals surface area contributed by atoms with Crippen molar-refractivity contribution >= 4 is 17.7 Å². The van der Waals surface area contributed by atoms with E-state index in [0.29, 0.717) is 0 Å². The van der Waals surface area contributed by atoms with Gasteiger partial charge in [0.2, 0.25) is 5.91 Å². The third kappa shape index (κ3) is 3.89. The first-order chi connectivity index (χ1) is 16.5. The highest BCUT2D eigenvalue weighted by atomic mass is 19.1. The number of benzene rings is 2. The van der Waals surface area contributed by atoms with Gasteiger partial charge in [0.25, 0.3) is 0 Å². The van der Waals surface area contributed by atoms with Crippen LogP contribution in [-0.4, -0.2) is 35.0 Å². The number of ether oxygens (including phenoxy) is 1. The molecule has 8 heteroatoms. The average Bonchev–Trinajstić information content (AvgIpc) is 3.07. The normalized spacial score (nSPS) is 16.6. The fourth-order valence-electron chi connectivity index (χ4n) is 4.90. The van der Waals surface area contributed by atoms with Crippen LogP contribution < -0.4 is 4.90 Å². The Bertz CT molecular complexity index is 1210. The molecule has 0 aliphatic carbocycles. The first-order valence-corrected chi connectivity index (χ1v) is 11.1. The van der Waals surface area contributed by atoms with E-state index in [1.165, 1.54) is 15.9 Å². The van der Waals surface area contributed by atoms with Crippen molar-refractivity contribution in [3.05, 3.63) is 95.3 Å². The highest BCUT2D eigenvalue weighted by Crippen LogP contribution is 2.50. The summed E-state index contributed by atoms with van der Waals surface area (Å²) in [5.41, 5.74) is 0.933. The second kappa shape index (κ2) is 8.85. The summed E-state index contributed by atoms with van der Waals surface area (Å²) < 4.78 is 34.7. The Morgan fingerprint density at radius 2 is 1.76 bits per heavy atom. The lowest BCUT2D eigenvalue weighted by Crippen LogP contribution is -2.50. The van der Waals surface area contributed by atoms with Crippen molar-refractivity contribution in [1.29, 1.82) is 0 Å². The van der Waals surface area contributed by atoms with Gasteiger partial charge in [-0.2, -0.15) is 0 Å². The summed E-state index contributed by atoms with van der Waals surface area (Å²) in [6.45, 7) is 0.774. The molecule has 0 saturated carbocycles. The Morgan fingerprint density at radius 3 is 2.47 bits per heavy atom. The number of anilines is 1. The standard InChI is InChI=1S/C26H23F2N3O3/c27-20-13-21(28)23-22(14-20)31(16-19-7-4-10-29-15-19)24(32)26(23)8-11-30(12-9-26)25(33)34-17-18-5-2-1-3-6-18/h1-7,10,13-15H,8-9,11-12,16-17H2. The number of carbonyl (C=O) groups is 2. The fourth-order valence-corrected chi connectivity index (χ4v) is 4.90. The molecule has 1 fully saturated rings. The number of rotatable bonds is 4. The van der Waals surface area contributed by atoms with Crippen LogP contribution in [-0.2, 0) is 28.1 Å². The minimum absolute atomic E-state index is 0.149. The number of aromatic nitrogens is 1. The van der Waals surface area contributed by atoms with Crippen LogP contribution in [0.25, 0.3) is 0 Å². The summed E-state index contributed by atoms with van der Waals surface area (Å²) in [5.74, 6) is -1.76. The number of amides is 2. The number of piperidine rings is 1. The Kier molecular flexibility index (Phi) is 5.73. The molecule has 2 aliphatic rings. The molecule has 2 aromatic carbocycles. The third-order valence-electron chi connectivity index (χ3n) is 6.60. The number of carbonyl (C=O) groups excluding carboxylic acids is 2. The van der Waals surface area contributed by atoms with E-state index >= 15 is 4.39 Å². The first kappa shape index (κ1) is 22.0. The second-order valence-electron chi connectivity index (χ2n) is 8.64. The summed E-state index contributed by atoms with van der Waals surface area (Å²) in [6.07, 6.45) is 3.22. The van der Waals surface area contributed by atoms with Crippen LogP contribution in [0.4, 0.5) is 19.3 Å². The predicted octanol–water partition coefficient (Wildman–Crippen LogP) is 4.58. The number of fused-ring (bicyclic) bond motifs is 2. The maximum atomic E-state index is 15.1. The number of likely N-dealkylation sites (tertiary alicyclic amines) is 1. The molecule has 3 heterocycles. The number of hydrogen-bond donors (Lipinski definition) is 0. The van der Waals surface area contributed by atoms with Gasteiger partial charge >= 0.3 is 6.09 Å². The van der Waals surface area contributed by atoms with Gasteiger partial charge in [0.05, 0.1) is 17.6 Å². The van der Waals surface area contributed by atoms with E-state index < -0.39 is 23.1 Å². The lowest BCUT2D eigenvalue weighted by molar-refractivity contribution is -0.125. The molecule has 0 N–H and O–H groups in total. The van der Waals surface area contributed by atoms with E-state index in [1.807, 2.05) is 36.4 Å². The topological polar surface area (TPSA) is 62.7 Å². The van der Waals surface area contributed by atoms with Crippen molar-refractivity contribution in [2.45, 2.75) is 31.4 Å². The predicted molar refractivity (Wildman–Crippen MR) is 121 cm³/mol. The van der Waals surface area contributed by atoms with Crippen LogP contribution in [0.5, 0.6) is 0 Å². The van der Waals surface area contributed by atoms with Gasteiger partial charge in [-0.05, 0) is 36.1 Å². The van der Waals surface area contributed by atoms with Crippen LogP contribution in [0.3, 0.4) is 0 Å². The largest absolute Gasteiger partial charge is 0.445 e. The minimum Gasteiger partial charge on any atom is -0.445 e. The fraction of sp³-hybridized carbons (Fsp3) is 0.269. The molecular weight excluding hydrogens is 440 g/mol. The molecule has 5 rings (SSSR count). The van der Waals surface area contributed by atoms with Crippen LogP contribution in [0, 0.1) is 11.6 Å². The van der Waals surface area contributed by atoms with Gasteiger partial charge in [-0.25, -0.2) is 13.6 Å². The molecule has 0 radical (unpaired) electrons. The van der Waals surface area contributed by atoms with Crippen molar-refractivity contribution in [3.8, 4) is 0 Å². The quantitative estimate of drug-likeness (QED) is 0.569. The molecule has 0 unspecified atom stereocenters. The van der Waals surface area contributed by atoms with Crippen molar-refractivity contribution < 1.29 is 23.1 Å². The maximum absolute atomic E-state index is 15.1. The molecule has 174 valence electrons. The van der Waals surface area contributed by atoms with Crippen molar-refractivity contribution in [1.82, 2.24) is 9.88 Å². The van der Waals surface area contributed by atoms with Crippen molar-refractivity contribution in [2.24, 2.45) is 0 Å². The summed E-state index contributed by atoms with van der Waals surface area (Å²) in [4.78, 5) is 33.3. The number of pyridine rings is 1. The van der Waals surface area contributed by atoms with E-state index in [9.17, 15) is 14.0 Å². The first-order valence-electron chi connectivity index (χ1n) is 11.1. The Labute approximate surface area is 195 Å². The Hall–Kier alpha value is -3.81. The molecular formula is C26H23F2N3O3. The zero-order valence-electron chi connectivity index (χ0n) is 18.4. The molecule has 34 heavy (non-hydrogen) atoms. The van der Waals surface area contributed by atoms with Gasteiger partial charge < -0.3 is 14.5 Å². The van der Waals surface area contributed by atoms with E-state index in [1.54, 1.807) is 18.5 Å². The number of hydrogen-bond acceptors (Lipinski definition) is 4. The van der Waals surface area contributed by atoms with Crippen molar-refractivity contribution in [3.63, 3.8) is 0 Å². The van der Waals surface area contributed by atoms with Crippen LogP contribution in [0.2, 0.25) is 0 Å². The summed E-state index contributed by atoms with van der Waals surface area (Å²) in [5, 5.41) is 0. The van der Waals surface area contributed by atoms with Gasteiger partial charge in [0.1, 0.15) is 18.2 Å². The monoisotopic (exact) mass is 463 g/mol. The third-order valence-corrected chi connectivity index (χ3v) is 6.60. The van der Waals surface area contributed by atoms with Gasteiger partial charge in [0, 0.05) is 37.1 Å². The number of nitrogens with zero attached hydrogens (tertiary/aromatic N) is 3. The average molecular weight is 463 g/mol. The van der Waals surface area contributed by atoms with Gasteiger partial charge in [-0.15, -0.1) is 0 Å². The van der Waals surface area contributed by atoms with Gasteiger partial charge in [0.15, 0.2) is 0 Å². The zero-order chi connectivity index (χ0) is 23.7. The molecule has 2 aliphatic heterocycles. The molecule has 3 aromatic rings. The van der Waals surface area contributed by atoms with E-state index in [-0.39, 0.29) is 56.2 Å². The molecule has 1 saturated heterocycles. The van der Waals surface area contributed by atoms with Crippen LogP contribution in [0.1, 0.15) is 29.5 Å². The summed E-state index contributed by atoms with van der Waals surface area (Å²) in [7, 11) is 0. The highest BCUT2D eigenvalue weighted by Gasteiger charge is 2.54. The highest BCUT2D eigenvalue weighted by molar-refractivity contribution is 6.08. The summed E-state index contributed by atoms with van der Waals surface area (Å²) >= 11 is 0. The molecule has 0 atom stereocenters. The zero-order valence-corrected chi connectivity index (χ0v) is 18.4. The van der Waals surface area contributed by atoms with E-state index in [4.69, 9.17) is 4.74 Å². The number of halogens is 2. The van der Waals surface area contributed by atoms with E-state index in [2.05, 4.69) is 4.98 Å². The smallest absolute Gasteiger partial charge is 0.410 e. The van der Waals surface area contributed by atoms with Gasteiger partial charge in [-0.3, -0.25) is 9.78 Å². The second-order valence-corrected chi connectivity index (χ2v) is 8.64. The molecule has 6 nitrogen and oxygen atoms in total. The lowest BCUT2D eigenvalue weighted by Gasteiger charge is -2.38. The molecule has 2 amide bonds. The minimum atomic E-state index is -1.15. The molecule has 1 aromatic heterocycles. The Morgan fingerprint density at radius 1 is 1.03 bits per heavy atom. The molecule has 0 bridgehead atoms.